The summed E-state index contributed by atoms with van der Waals surface area (Å²) in [5.74, 6) is 0. The second-order valence-electron chi connectivity index (χ2n) is 5.72. The highest BCUT2D eigenvalue weighted by molar-refractivity contribution is 7.89. The van der Waals surface area contributed by atoms with Crippen LogP contribution in [0.3, 0.4) is 0 Å². The molecule has 0 radical (unpaired) electrons. The van der Waals surface area contributed by atoms with Gasteiger partial charge in [0.15, 0.2) is 0 Å². The highest BCUT2D eigenvalue weighted by Gasteiger charge is 2.26. The van der Waals surface area contributed by atoms with Crippen molar-refractivity contribution in [1.29, 1.82) is 0 Å². The van der Waals surface area contributed by atoms with E-state index in [1.807, 2.05) is 12.1 Å². The van der Waals surface area contributed by atoms with Gasteiger partial charge in [-0.15, -0.1) is 0 Å². The van der Waals surface area contributed by atoms with Crippen LogP contribution in [0.1, 0.15) is 27.2 Å². The molecule has 1 aliphatic heterocycles. The molecule has 1 aliphatic rings. The Hall–Kier alpha value is -1.11. The molecule has 0 saturated carbocycles. The largest absolute Gasteiger partial charge is 0.380 e. The van der Waals surface area contributed by atoms with Crippen molar-refractivity contribution in [2.75, 3.05) is 25.0 Å². The summed E-state index contributed by atoms with van der Waals surface area (Å²) in [6.07, 6.45) is 1.04. The van der Waals surface area contributed by atoms with Crippen molar-refractivity contribution in [2.45, 2.75) is 44.2 Å². The van der Waals surface area contributed by atoms with E-state index in [9.17, 15) is 8.42 Å². The fourth-order valence-electron chi connectivity index (χ4n) is 2.68. The van der Waals surface area contributed by atoms with E-state index in [1.54, 1.807) is 19.1 Å². The van der Waals surface area contributed by atoms with Crippen LogP contribution < -0.4 is 10.0 Å². The lowest BCUT2D eigenvalue weighted by Crippen LogP contribution is -2.32. The smallest absolute Gasteiger partial charge is 0.242 e. The Bertz CT molecular complexity index is 572. The molecule has 6 heteroatoms. The average Bonchev–Trinajstić information content (AvgIpc) is 2.88. The van der Waals surface area contributed by atoms with Crippen LogP contribution >= 0.6 is 0 Å². The maximum Gasteiger partial charge on any atom is 0.242 e. The van der Waals surface area contributed by atoms with Crippen molar-refractivity contribution >= 4 is 15.7 Å². The Kier molecular flexibility index (Phi) is 5.24. The quantitative estimate of drug-likeness (QED) is 0.842. The molecular formula is C15H25N3O2S. The number of hydrogen-bond acceptors (Lipinski definition) is 4. The van der Waals surface area contributed by atoms with Crippen molar-refractivity contribution in [2.24, 2.45) is 0 Å². The van der Waals surface area contributed by atoms with E-state index in [-0.39, 0.29) is 0 Å². The second-order valence-corrected chi connectivity index (χ2v) is 7.45. The fraction of sp³-hybridized carbons (Fsp3) is 0.600. The van der Waals surface area contributed by atoms with E-state index in [2.05, 4.69) is 28.8 Å². The van der Waals surface area contributed by atoms with Gasteiger partial charge in [-0.2, -0.15) is 0 Å². The van der Waals surface area contributed by atoms with Gasteiger partial charge in [-0.1, -0.05) is 19.1 Å². The number of rotatable bonds is 6. The molecule has 1 unspecified atom stereocenters. The van der Waals surface area contributed by atoms with Crippen molar-refractivity contribution < 1.29 is 8.42 Å². The summed E-state index contributed by atoms with van der Waals surface area (Å²) in [5.41, 5.74) is 0.689. The molecule has 2 rings (SSSR count). The van der Waals surface area contributed by atoms with Gasteiger partial charge in [0.2, 0.25) is 10.0 Å². The van der Waals surface area contributed by atoms with Crippen LogP contribution in [0.15, 0.2) is 29.2 Å². The topological polar surface area (TPSA) is 61.4 Å². The Morgan fingerprint density at radius 3 is 2.67 bits per heavy atom. The van der Waals surface area contributed by atoms with E-state index < -0.39 is 10.0 Å². The zero-order chi connectivity index (χ0) is 15.5. The maximum absolute atomic E-state index is 12.2. The molecule has 0 aliphatic carbocycles. The molecule has 118 valence electrons. The van der Waals surface area contributed by atoms with Gasteiger partial charge >= 0.3 is 0 Å². The van der Waals surface area contributed by atoms with Crippen LogP contribution in [0, 0.1) is 0 Å². The van der Waals surface area contributed by atoms with Gasteiger partial charge in [0.1, 0.15) is 4.90 Å². The molecule has 21 heavy (non-hydrogen) atoms. The van der Waals surface area contributed by atoms with Crippen LogP contribution in [-0.2, 0) is 10.0 Å². The minimum Gasteiger partial charge on any atom is -0.380 e. The van der Waals surface area contributed by atoms with Crippen LogP contribution in [0.5, 0.6) is 0 Å². The number of benzene rings is 1. The van der Waals surface area contributed by atoms with E-state index in [0.29, 0.717) is 29.2 Å². The molecule has 0 spiro atoms. The Labute approximate surface area is 127 Å². The summed E-state index contributed by atoms with van der Waals surface area (Å²) in [7, 11) is -3.44. The molecule has 1 heterocycles. The molecule has 1 saturated heterocycles. The first kappa shape index (κ1) is 16.3. The Morgan fingerprint density at radius 2 is 2.05 bits per heavy atom. The summed E-state index contributed by atoms with van der Waals surface area (Å²) in [6, 6.07) is 7.92. The third-order valence-electron chi connectivity index (χ3n) is 3.82. The molecule has 0 bridgehead atoms. The Balaban J connectivity index is 2.15. The van der Waals surface area contributed by atoms with Gasteiger partial charge in [0.25, 0.3) is 0 Å². The molecule has 1 atom stereocenters. The molecular weight excluding hydrogens is 286 g/mol. The lowest BCUT2D eigenvalue weighted by atomic mass is 10.2. The van der Waals surface area contributed by atoms with Crippen molar-refractivity contribution in [1.82, 2.24) is 9.62 Å². The molecule has 1 fully saturated rings. The minimum atomic E-state index is -3.44. The highest BCUT2D eigenvalue weighted by atomic mass is 32.2. The Morgan fingerprint density at radius 1 is 1.33 bits per heavy atom. The summed E-state index contributed by atoms with van der Waals surface area (Å²) < 4.78 is 27.0. The molecule has 5 nitrogen and oxygen atoms in total. The van der Waals surface area contributed by atoms with E-state index >= 15 is 0 Å². The number of sulfonamides is 1. The second kappa shape index (κ2) is 6.77. The molecule has 0 aromatic heterocycles. The van der Waals surface area contributed by atoms with Gasteiger partial charge in [0, 0.05) is 31.7 Å². The van der Waals surface area contributed by atoms with E-state index in [0.717, 1.165) is 19.5 Å². The lowest BCUT2D eigenvalue weighted by Gasteiger charge is -2.21. The van der Waals surface area contributed by atoms with Crippen molar-refractivity contribution in [3.63, 3.8) is 0 Å². The van der Waals surface area contributed by atoms with Crippen LogP contribution in [0.2, 0.25) is 0 Å². The van der Waals surface area contributed by atoms with Crippen molar-refractivity contribution in [3.05, 3.63) is 24.3 Å². The first-order valence-electron chi connectivity index (χ1n) is 7.53. The van der Waals surface area contributed by atoms with E-state index in [4.69, 9.17) is 0 Å². The number of nitrogens with one attached hydrogen (secondary N) is 2. The first-order chi connectivity index (χ1) is 9.94. The van der Waals surface area contributed by atoms with E-state index in [1.165, 1.54) is 0 Å². The number of anilines is 1. The number of nitrogens with zero attached hydrogens (tertiary/aromatic N) is 1. The molecule has 1 aromatic carbocycles. The lowest BCUT2D eigenvalue weighted by molar-refractivity contribution is 0.274. The number of likely N-dealkylation sites (tertiary alicyclic amines) is 1. The van der Waals surface area contributed by atoms with Crippen LogP contribution in [0.4, 0.5) is 5.69 Å². The predicted octanol–water partition coefficient (Wildman–Crippen LogP) is 1.88. The number of para-hydroxylation sites is 1. The molecule has 1 aromatic rings. The minimum absolute atomic E-state index is 0.297. The van der Waals surface area contributed by atoms with Gasteiger partial charge in [-0.25, -0.2) is 13.1 Å². The fourth-order valence-corrected chi connectivity index (χ4v) is 3.89. The van der Waals surface area contributed by atoms with Gasteiger partial charge < -0.3 is 5.32 Å². The van der Waals surface area contributed by atoms with Gasteiger partial charge in [-0.3, -0.25) is 4.90 Å². The van der Waals surface area contributed by atoms with Gasteiger partial charge in [-0.05, 0) is 32.4 Å². The van der Waals surface area contributed by atoms with Crippen molar-refractivity contribution in [3.8, 4) is 0 Å². The third kappa shape index (κ3) is 3.96. The predicted molar refractivity (Wildman–Crippen MR) is 86.0 cm³/mol. The van der Waals surface area contributed by atoms with Crippen LogP contribution in [0.25, 0.3) is 0 Å². The molecule has 2 N–H and O–H groups in total. The highest BCUT2D eigenvalue weighted by Crippen LogP contribution is 2.24. The first-order valence-corrected chi connectivity index (χ1v) is 9.01. The summed E-state index contributed by atoms with van der Waals surface area (Å²) in [4.78, 5) is 2.73. The zero-order valence-electron chi connectivity index (χ0n) is 13.0. The normalized spacial score (nSPS) is 20.1. The van der Waals surface area contributed by atoms with Gasteiger partial charge in [0.05, 0.1) is 5.69 Å². The standard InChI is InChI=1S/C15H25N3O2S/c1-4-16-21(19,20)15-8-6-5-7-14(15)17-13-9-10-18(11-13)12(2)3/h5-8,12-13,16-17H,4,9-11H2,1-3H3. The zero-order valence-corrected chi connectivity index (χ0v) is 13.8. The summed E-state index contributed by atoms with van der Waals surface area (Å²) in [6.45, 7) is 8.55. The van der Waals surface area contributed by atoms with Crippen LogP contribution in [-0.4, -0.2) is 45.0 Å². The SMILES string of the molecule is CCNS(=O)(=O)c1ccccc1NC1CCN(C(C)C)C1. The monoisotopic (exact) mass is 311 g/mol. The average molecular weight is 311 g/mol. The third-order valence-corrected chi connectivity index (χ3v) is 5.42. The molecule has 0 amide bonds. The number of hydrogen-bond donors (Lipinski definition) is 2. The summed E-state index contributed by atoms with van der Waals surface area (Å²) >= 11 is 0. The summed E-state index contributed by atoms with van der Waals surface area (Å²) in [5, 5.41) is 3.40. The maximum atomic E-state index is 12.2.